The lowest BCUT2D eigenvalue weighted by Crippen LogP contribution is -2.20. The number of amides is 1. The van der Waals surface area contributed by atoms with E-state index in [0.717, 1.165) is 28.6 Å². The molecule has 0 spiro atoms. The first kappa shape index (κ1) is 23.5. The van der Waals surface area contributed by atoms with Crippen LogP contribution in [-0.2, 0) is 34.5 Å². The standard InChI is InChI=1S/C22H28FN3O3S/c1-15(2)11-21-18(6-8-19(13-23)25-21)7-10-22(27)24-14-17-5-9-20(16(3)12-17)26-30(4,28)29/h5-10,12,15,26H,11,13-14H2,1-4H3,(H,24,27)/b10-7+. The van der Waals surface area contributed by atoms with Gasteiger partial charge in [-0.3, -0.25) is 14.5 Å². The molecule has 0 unspecified atom stereocenters. The Balaban J connectivity index is 2.02. The molecule has 1 heterocycles. The number of hydrogen-bond acceptors (Lipinski definition) is 4. The SMILES string of the molecule is Cc1cc(CNC(=O)/C=C/c2ccc(CF)nc2CC(C)C)ccc1NS(C)(=O)=O. The highest BCUT2D eigenvalue weighted by Crippen LogP contribution is 2.18. The summed E-state index contributed by atoms with van der Waals surface area (Å²) in [6.07, 6.45) is 4.91. The normalized spacial score (nSPS) is 11.8. The third-order valence-electron chi connectivity index (χ3n) is 4.27. The Morgan fingerprint density at radius 3 is 2.57 bits per heavy atom. The largest absolute Gasteiger partial charge is 0.348 e. The summed E-state index contributed by atoms with van der Waals surface area (Å²) in [5.41, 5.74) is 4.07. The Hall–Kier alpha value is -2.74. The lowest BCUT2D eigenvalue weighted by molar-refractivity contribution is -0.116. The number of rotatable bonds is 9. The van der Waals surface area contributed by atoms with E-state index < -0.39 is 16.7 Å². The number of aryl methyl sites for hydroxylation is 1. The molecule has 2 aromatic rings. The highest BCUT2D eigenvalue weighted by atomic mass is 32.2. The van der Waals surface area contributed by atoms with E-state index >= 15 is 0 Å². The molecule has 8 heteroatoms. The molecule has 0 saturated carbocycles. The van der Waals surface area contributed by atoms with E-state index in [-0.39, 0.29) is 5.91 Å². The fourth-order valence-electron chi connectivity index (χ4n) is 2.90. The number of aromatic nitrogens is 1. The van der Waals surface area contributed by atoms with Gasteiger partial charge in [-0.05, 0) is 54.2 Å². The molecular weight excluding hydrogens is 405 g/mol. The minimum atomic E-state index is -3.34. The van der Waals surface area contributed by atoms with E-state index in [1.54, 1.807) is 37.3 Å². The number of halogens is 1. The Bertz CT molecular complexity index is 1030. The van der Waals surface area contributed by atoms with Crippen LogP contribution in [0.2, 0.25) is 0 Å². The number of benzene rings is 1. The van der Waals surface area contributed by atoms with Crippen molar-refractivity contribution in [2.45, 2.75) is 40.4 Å². The maximum absolute atomic E-state index is 12.9. The van der Waals surface area contributed by atoms with Crippen molar-refractivity contribution in [2.24, 2.45) is 5.92 Å². The summed E-state index contributed by atoms with van der Waals surface area (Å²) in [6.45, 7) is 5.60. The molecule has 1 aromatic heterocycles. The molecular formula is C22H28FN3O3S. The molecule has 162 valence electrons. The number of carbonyl (C=O) groups is 1. The molecule has 0 bridgehead atoms. The van der Waals surface area contributed by atoms with Crippen LogP contribution in [0.15, 0.2) is 36.4 Å². The Kier molecular flexibility index (Phi) is 8.11. The molecule has 0 saturated heterocycles. The fourth-order valence-corrected chi connectivity index (χ4v) is 3.53. The van der Waals surface area contributed by atoms with Crippen LogP contribution < -0.4 is 10.0 Å². The van der Waals surface area contributed by atoms with Crippen molar-refractivity contribution in [3.8, 4) is 0 Å². The number of hydrogen-bond donors (Lipinski definition) is 2. The Morgan fingerprint density at radius 1 is 1.23 bits per heavy atom. The van der Waals surface area contributed by atoms with Gasteiger partial charge in [0.05, 0.1) is 17.6 Å². The van der Waals surface area contributed by atoms with Crippen LogP contribution in [-0.4, -0.2) is 25.6 Å². The second-order valence-electron chi connectivity index (χ2n) is 7.64. The van der Waals surface area contributed by atoms with E-state index in [0.29, 0.717) is 30.3 Å². The smallest absolute Gasteiger partial charge is 0.244 e. The Labute approximate surface area is 177 Å². The van der Waals surface area contributed by atoms with Crippen LogP contribution >= 0.6 is 0 Å². The van der Waals surface area contributed by atoms with Gasteiger partial charge in [-0.25, -0.2) is 12.8 Å². The summed E-state index contributed by atoms with van der Waals surface area (Å²) in [6, 6.07) is 8.64. The van der Waals surface area contributed by atoms with Crippen LogP contribution in [0.1, 0.15) is 41.9 Å². The van der Waals surface area contributed by atoms with Gasteiger partial charge in [-0.1, -0.05) is 32.0 Å². The van der Waals surface area contributed by atoms with Gasteiger partial charge < -0.3 is 5.32 Å². The minimum absolute atomic E-state index is 0.268. The lowest BCUT2D eigenvalue weighted by Gasteiger charge is -2.10. The summed E-state index contributed by atoms with van der Waals surface area (Å²) in [5.74, 6) is 0.0905. The van der Waals surface area contributed by atoms with Crippen LogP contribution in [0.4, 0.5) is 10.1 Å². The summed E-state index contributed by atoms with van der Waals surface area (Å²) in [7, 11) is -3.34. The molecule has 6 nitrogen and oxygen atoms in total. The summed E-state index contributed by atoms with van der Waals surface area (Å²) in [5, 5.41) is 2.80. The minimum Gasteiger partial charge on any atom is -0.348 e. The van der Waals surface area contributed by atoms with E-state index in [4.69, 9.17) is 0 Å². The van der Waals surface area contributed by atoms with Crippen LogP contribution in [0.5, 0.6) is 0 Å². The Morgan fingerprint density at radius 2 is 1.97 bits per heavy atom. The zero-order valence-electron chi connectivity index (χ0n) is 17.7. The average Bonchev–Trinajstić information content (AvgIpc) is 2.65. The van der Waals surface area contributed by atoms with Crippen molar-refractivity contribution in [3.63, 3.8) is 0 Å². The molecule has 0 fully saturated rings. The summed E-state index contributed by atoms with van der Waals surface area (Å²) >= 11 is 0. The van der Waals surface area contributed by atoms with E-state index in [9.17, 15) is 17.6 Å². The maximum Gasteiger partial charge on any atom is 0.244 e. The highest BCUT2D eigenvalue weighted by Gasteiger charge is 2.08. The molecule has 30 heavy (non-hydrogen) atoms. The zero-order chi connectivity index (χ0) is 22.3. The van der Waals surface area contributed by atoms with E-state index in [2.05, 4.69) is 28.9 Å². The number of nitrogens with one attached hydrogen (secondary N) is 2. The number of anilines is 1. The first-order valence-corrected chi connectivity index (χ1v) is 11.5. The average molecular weight is 434 g/mol. The van der Waals surface area contributed by atoms with Crippen LogP contribution in [0.3, 0.4) is 0 Å². The van der Waals surface area contributed by atoms with Crippen LogP contribution in [0.25, 0.3) is 6.08 Å². The third kappa shape index (κ3) is 7.59. The van der Waals surface area contributed by atoms with Crippen molar-refractivity contribution < 1.29 is 17.6 Å². The number of alkyl halides is 1. The van der Waals surface area contributed by atoms with Crippen molar-refractivity contribution in [2.75, 3.05) is 11.0 Å². The number of pyridine rings is 1. The maximum atomic E-state index is 12.9. The first-order chi connectivity index (χ1) is 14.1. The van der Waals surface area contributed by atoms with Crippen molar-refractivity contribution in [3.05, 3.63) is 64.5 Å². The monoisotopic (exact) mass is 433 g/mol. The molecule has 1 aromatic carbocycles. The first-order valence-electron chi connectivity index (χ1n) is 9.65. The van der Waals surface area contributed by atoms with Gasteiger partial charge >= 0.3 is 0 Å². The second-order valence-corrected chi connectivity index (χ2v) is 9.39. The predicted molar refractivity (Wildman–Crippen MR) is 118 cm³/mol. The van der Waals surface area contributed by atoms with E-state index in [1.807, 2.05) is 6.07 Å². The molecule has 0 radical (unpaired) electrons. The number of nitrogens with zero attached hydrogens (tertiary/aromatic N) is 1. The van der Waals surface area contributed by atoms with Gasteiger partial charge in [0, 0.05) is 18.3 Å². The van der Waals surface area contributed by atoms with Gasteiger partial charge in [-0.2, -0.15) is 0 Å². The third-order valence-corrected chi connectivity index (χ3v) is 4.86. The number of sulfonamides is 1. The molecule has 0 aliphatic rings. The molecule has 1 amide bonds. The van der Waals surface area contributed by atoms with Gasteiger partial charge in [0.25, 0.3) is 0 Å². The lowest BCUT2D eigenvalue weighted by atomic mass is 10.0. The zero-order valence-corrected chi connectivity index (χ0v) is 18.5. The van der Waals surface area contributed by atoms with Crippen molar-refractivity contribution in [1.29, 1.82) is 0 Å². The van der Waals surface area contributed by atoms with Crippen LogP contribution in [0, 0.1) is 12.8 Å². The van der Waals surface area contributed by atoms with Gasteiger partial charge in [0.2, 0.25) is 15.9 Å². The molecule has 0 aliphatic heterocycles. The fraction of sp³-hybridized carbons (Fsp3) is 0.364. The molecule has 2 N–H and O–H groups in total. The summed E-state index contributed by atoms with van der Waals surface area (Å²) < 4.78 is 38.1. The quantitative estimate of drug-likeness (QED) is 0.590. The highest BCUT2D eigenvalue weighted by molar-refractivity contribution is 7.92. The van der Waals surface area contributed by atoms with Gasteiger partial charge in [0.15, 0.2) is 0 Å². The van der Waals surface area contributed by atoms with Gasteiger partial charge in [-0.15, -0.1) is 0 Å². The molecule has 0 aliphatic carbocycles. The number of carbonyl (C=O) groups excluding carboxylic acids is 1. The van der Waals surface area contributed by atoms with E-state index in [1.165, 1.54) is 6.08 Å². The van der Waals surface area contributed by atoms with Gasteiger partial charge in [0.1, 0.15) is 6.67 Å². The topological polar surface area (TPSA) is 88.2 Å². The molecule has 2 rings (SSSR count). The predicted octanol–water partition coefficient (Wildman–Crippen LogP) is 3.76. The second kappa shape index (κ2) is 10.3. The van der Waals surface area contributed by atoms with Crippen molar-refractivity contribution >= 4 is 27.7 Å². The molecule has 0 atom stereocenters. The van der Waals surface area contributed by atoms with Crippen molar-refractivity contribution in [1.82, 2.24) is 10.3 Å². The summed E-state index contributed by atoms with van der Waals surface area (Å²) in [4.78, 5) is 16.6.